The Balaban J connectivity index is 1.92. The normalized spacial score (nSPS) is 21.0. The Kier molecular flexibility index (Phi) is 9.21. The summed E-state index contributed by atoms with van der Waals surface area (Å²) in [6, 6.07) is 7.61. The van der Waals surface area contributed by atoms with Crippen LogP contribution in [-0.4, -0.2) is 32.1 Å². The van der Waals surface area contributed by atoms with Crippen LogP contribution in [0.25, 0.3) is 0 Å². The van der Waals surface area contributed by atoms with Crippen LogP contribution in [0.3, 0.4) is 0 Å². The highest BCUT2D eigenvalue weighted by atomic mass is 16.5. The number of urea groups is 1. The summed E-state index contributed by atoms with van der Waals surface area (Å²) in [6.45, 7) is 10.2. The maximum absolute atomic E-state index is 12.6. The molecule has 2 rings (SSSR count). The van der Waals surface area contributed by atoms with Gasteiger partial charge in [-0.15, -0.1) is 0 Å². The monoisotopic (exact) mass is 415 g/mol. The lowest BCUT2D eigenvalue weighted by Crippen LogP contribution is -2.41. The zero-order chi connectivity index (χ0) is 22.1. The first-order valence-corrected chi connectivity index (χ1v) is 10.9. The second-order valence-corrected chi connectivity index (χ2v) is 8.48. The summed E-state index contributed by atoms with van der Waals surface area (Å²) < 4.78 is 5.17. The minimum atomic E-state index is -0.119. The van der Waals surface area contributed by atoms with Crippen LogP contribution in [0.1, 0.15) is 46.1 Å². The molecule has 0 spiro atoms. The van der Waals surface area contributed by atoms with Gasteiger partial charge in [0.05, 0.1) is 7.11 Å². The van der Waals surface area contributed by atoms with Crippen molar-refractivity contribution in [3.8, 4) is 5.75 Å². The molecule has 0 fully saturated rings. The summed E-state index contributed by atoms with van der Waals surface area (Å²) in [4.78, 5) is 24.3. The van der Waals surface area contributed by atoms with Crippen LogP contribution >= 0.6 is 0 Å². The first-order valence-electron chi connectivity index (χ1n) is 10.9. The number of carbonyl (C=O) groups is 2. The summed E-state index contributed by atoms with van der Waals surface area (Å²) in [6.07, 6.45) is 3.73. The number of ether oxygens (including phenoxy) is 1. The van der Waals surface area contributed by atoms with E-state index < -0.39 is 0 Å². The van der Waals surface area contributed by atoms with Crippen molar-refractivity contribution in [2.24, 2.45) is 23.7 Å². The van der Waals surface area contributed by atoms with Gasteiger partial charge in [0.15, 0.2) is 0 Å². The lowest BCUT2D eigenvalue weighted by Gasteiger charge is -2.37. The Bertz CT molecular complexity index is 728. The number of allylic oxidation sites excluding steroid dienone is 1. The molecule has 1 aromatic rings. The summed E-state index contributed by atoms with van der Waals surface area (Å²) in [5.74, 6) is 2.35. The van der Waals surface area contributed by atoms with Gasteiger partial charge in [0.25, 0.3) is 0 Å². The van der Waals surface area contributed by atoms with E-state index in [2.05, 4.69) is 42.8 Å². The standard InChI is InChI=1S/C24H37N3O3/c1-6-25-24(29)27-15-20-11-17(4)19(12-22(20)16(2)3)13-23(28)26-14-18-7-9-21(30-5)10-8-18/h7-11,16,19-20,22H,6,12-15H2,1-5H3,(H,26,28)(H2,25,27,29)/t19-,20-,22-/m0/s1. The summed E-state index contributed by atoms with van der Waals surface area (Å²) >= 11 is 0. The molecule has 6 nitrogen and oxygen atoms in total. The van der Waals surface area contributed by atoms with Crippen molar-refractivity contribution in [3.63, 3.8) is 0 Å². The molecule has 0 heterocycles. The fourth-order valence-electron chi connectivity index (χ4n) is 4.18. The third kappa shape index (κ3) is 7.08. The number of carbonyl (C=O) groups excluding carboxylic acids is 2. The molecule has 0 aromatic heterocycles. The predicted octanol–water partition coefficient (Wildman–Crippen LogP) is 3.88. The van der Waals surface area contributed by atoms with Crippen molar-refractivity contribution in [2.45, 2.75) is 47.1 Å². The zero-order valence-electron chi connectivity index (χ0n) is 19.0. The third-order valence-corrected chi connectivity index (χ3v) is 6.00. The number of amides is 3. The first-order chi connectivity index (χ1) is 14.3. The molecule has 0 saturated heterocycles. The zero-order valence-corrected chi connectivity index (χ0v) is 19.0. The molecule has 166 valence electrons. The second-order valence-electron chi connectivity index (χ2n) is 8.48. The Labute approximate surface area is 180 Å². The van der Waals surface area contributed by atoms with Gasteiger partial charge in [-0.25, -0.2) is 4.79 Å². The molecule has 0 bridgehead atoms. The van der Waals surface area contributed by atoms with E-state index in [1.165, 1.54) is 5.57 Å². The van der Waals surface area contributed by atoms with Crippen LogP contribution in [0.4, 0.5) is 4.79 Å². The Hall–Kier alpha value is -2.50. The SMILES string of the molecule is CCNC(=O)NC[C@@H]1C=C(C)[C@H](CC(=O)NCc2ccc(OC)cc2)C[C@H]1C(C)C. The molecule has 6 heteroatoms. The number of hydrogen-bond donors (Lipinski definition) is 3. The Morgan fingerprint density at radius 1 is 1.13 bits per heavy atom. The smallest absolute Gasteiger partial charge is 0.314 e. The van der Waals surface area contributed by atoms with Crippen LogP contribution in [0.5, 0.6) is 5.75 Å². The van der Waals surface area contributed by atoms with Crippen molar-refractivity contribution in [1.29, 1.82) is 0 Å². The molecule has 3 amide bonds. The summed E-state index contributed by atoms with van der Waals surface area (Å²) in [5.41, 5.74) is 2.30. The van der Waals surface area contributed by atoms with Crippen molar-refractivity contribution >= 4 is 11.9 Å². The second kappa shape index (κ2) is 11.6. The van der Waals surface area contributed by atoms with Crippen LogP contribution < -0.4 is 20.7 Å². The molecule has 30 heavy (non-hydrogen) atoms. The number of rotatable bonds is 9. The summed E-state index contributed by atoms with van der Waals surface area (Å²) in [7, 11) is 1.64. The largest absolute Gasteiger partial charge is 0.497 e. The average Bonchev–Trinajstić information content (AvgIpc) is 2.72. The van der Waals surface area contributed by atoms with E-state index in [4.69, 9.17) is 4.74 Å². The minimum Gasteiger partial charge on any atom is -0.497 e. The maximum atomic E-state index is 12.6. The molecule has 1 aromatic carbocycles. The van der Waals surface area contributed by atoms with Crippen molar-refractivity contribution in [1.82, 2.24) is 16.0 Å². The first kappa shape index (κ1) is 23.8. The van der Waals surface area contributed by atoms with E-state index >= 15 is 0 Å². The molecule has 1 aliphatic rings. The van der Waals surface area contributed by atoms with E-state index in [9.17, 15) is 9.59 Å². The number of methoxy groups -OCH3 is 1. The molecule has 0 aliphatic heterocycles. The van der Waals surface area contributed by atoms with Crippen LogP contribution in [0.2, 0.25) is 0 Å². The van der Waals surface area contributed by atoms with Crippen LogP contribution in [0, 0.1) is 23.7 Å². The van der Waals surface area contributed by atoms with E-state index in [1.807, 2.05) is 31.2 Å². The topological polar surface area (TPSA) is 79.5 Å². The molecule has 3 N–H and O–H groups in total. The molecule has 0 saturated carbocycles. The van der Waals surface area contributed by atoms with Gasteiger partial charge in [0, 0.05) is 26.1 Å². The Morgan fingerprint density at radius 2 is 1.83 bits per heavy atom. The van der Waals surface area contributed by atoms with Crippen molar-refractivity contribution in [2.75, 3.05) is 20.2 Å². The molecule has 0 unspecified atom stereocenters. The van der Waals surface area contributed by atoms with Crippen molar-refractivity contribution in [3.05, 3.63) is 41.5 Å². The van der Waals surface area contributed by atoms with Crippen molar-refractivity contribution < 1.29 is 14.3 Å². The molecule has 0 radical (unpaired) electrons. The fourth-order valence-corrected chi connectivity index (χ4v) is 4.18. The van der Waals surface area contributed by atoms with Gasteiger partial charge in [-0.05, 0) is 61.6 Å². The Morgan fingerprint density at radius 3 is 2.43 bits per heavy atom. The highest BCUT2D eigenvalue weighted by molar-refractivity contribution is 5.76. The van der Waals surface area contributed by atoms with E-state index in [0.29, 0.717) is 43.8 Å². The number of hydrogen-bond acceptors (Lipinski definition) is 3. The molecular weight excluding hydrogens is 378 g/mol. The fraction of sp³-hybridized carbons (Fsp3) is 0.583. The minimum absolute atomic E-state index is 0.0740. The van der Waals surface area contributed by atoms with Gasteiger partial charge in [0.1, 0.15) is 5.75 Å². The highest BCUT2D eigenvalue weighted by Gasteiger charge is 2.32. The molecule has 1 aliphatic carbocycles. The maximum Gasteiger partial charge on any atom is 0.314 e. The predicted molar refractivity (Wildman–Crippen MR) is 120 cm³/mol. The number of benzene rings is 1. The molecule has 3 atom stereocenters. The van der Waals surface area contributed by atoms with Gasteiger partial charge in [-0.1, -0.05) is 37.6 Å². The average molecular weight is 416 g/mol. The van der Waals surface area contributed by atoms with Gasteiger partial charge < -0.3 is 20.7 Å². The van der Waals surface area contributed by atoms with E-state index in [-0.39, 0.29) is 17.9 Å². The lowest BCUT2D eigenvalue weighted by molar-refractivity contribution is -0.122. The quantitative estimate of drug-likeness (QED) is 0.536. The number of nitrogens with one attached hydrogen (secondary N) is 3. The van der Waals surface area contributed by atoms with E-state index in [1.54, 1.807) is 7.11 Å². The van der Waals surface area contributed by atoms with Gasteiger partial charge in [-0.3, -0.25) is 4.79 Å². The lowest BCUT2D eigenvalue weighted by atomic mass is 9.70. The van der Waals surface area contributed by atoms with Crippen LogP contribution in [0.15, 0.2) is 35.9 Å². The molecular formula is C24H37N3O3. The highest BCUT2D eigenvalue weighted by Crippen LogP contribution is 2.38. The van der Waals surface area contributed by atoms with Gasteiger partial charge in [-0.2, -0.15) is 0 Å². The van der Waals surface area contributed by atoms with E-state index in [0.717, 1.165) is 17.7 Å². The van der Waals surface area contributed by atoms with Crippen LogP contribution in [-0.2, 0) is 11.3 Å². The van der Waals surface area contributed by atoms with Gasteiger partial charge in [0.2, 0.25) is 5.91 Å². The summed E-state index contributed by atoms with van der Waals surface area (Å²) in [5, 5.41) is 8.80. The third-order valence-electron chi connectivity index (χ3n) is 6.00. The van der Waals surface area contributed by atoms with Gasteiger partial charge >= 0.3 is 6.03 Å².